The lowest BCUT2D eigenvalue weighted by atomic mass is 10.1. The molecule has 0 saturated carbocycles. The summed E-state index contributed by atoms with van der Waals surface area (Å²) in [6.45, 7) is -0.806. The highest BCUT2D eigenvalue weighted by Gasteiger charge is 2.41. The lowest BCUT2D eigenvalue weighted by Gasteiger charge is -2.13. The number of fused-ring (bicyclic) bond motifs is 1. The number of nitrogens with one attached hydrogen (secondary N) is 1. The molecule has 1 heterocycles. The van der Waals surface area contributed by atoms with E-state index in [2.05, 4.69) is 0 Å². The molecule has 2 aromatic rings. The second kappa shape index (κ2) is 6.31. The van der Waals surface area contributed by atoms with E-state index in [-0.39, 0.29) is 5.56 Å². The second-order valence-corrected chi connectivity index (χ2v) is 5.33. The Hall–Kier alpha value is -3.69. The molecule has 0 unspecified atom stereocenters. The van der Waals surface area contributed by atoms with Crippen LogP contribution in [-0.2, 0) is 4.79 Å². The number of amides is 3. The Bertz CT molecular complexity index is 976. The molecule has 3 rings (SSSR count). The largest absolute Gasteiger partial charge is 0.322 e. The number of benzene rings is 2. The van der Waals surface area contributed by atoms with Crippen LogP contribution in [0.1, 0.15) is 20.7 Å². The summed E-state index contributed by atoms with van der Waals surface area (Å²) >= 11 is 0. The SMILES string of the molecule is O=C(CN1C(=O)c2cccc([N+](=O)[O-])c2C1=O)Nc1cc(F)ccc1F. The van der Waals surface area contributed by atoms with Gasteiger partial charge in [0.2, 0.25) is 5.91 Å². The molecule has 0 radical (unpaired) electrons. The van der Waals surface area contributed by atoms with Crippen molar-refractivity contribution < 1.29 is 28.1 Å². The highest BCUT2D eigenvalue weighted by molar-refractivity contribution is 6.24. The van der Waals surface area contributed by atoms with Gasteiger partial charge in [-0.15, -0.1) is 0 Å². The second-order valence-electron chi connectivity index (χ2n) is 5.33. The van der Waals surface area contributed by atoms with Gasteiger partial charge in [0, 0.05) is 12.1 Å². The van der Waals surface area contributed by atoms with Gasteiger partial charge < -0.3 is 5.32 Å². The average Bonchev–Trinajstić information content (AvgIpc) is 2.83. The van der Waals surface area contributed by atoms with Crippen molar-refractivity contribution in [3.05, 3.63) is 69.3 Å². The van der Waals surface area contributed by atoms with Crippen molar-refractivity contribution in [3.63, 3.8) is 0 Å². The molecule has 0 saturated heterocycles. The summed E-state index contributed by atoms with van der Waals surface area (Å²) in [7, 11) is 0. The van der Waals surface area contributed by atoms with Crippen LogP contribution in [0.2, 0.25) is 0 Å². The predicted octanol–water partition coefficient (Wildman–Crippen LogP) is 2.11. The molecule has 0 aromatic heterocycles. The van der Waals surface area contributed by atoms with Crippen LogP contribution in [0, 0.1) is 21.7 Å². The molecule has 0 fully saturated rings. The molecule has 0 bridgehead atoms. The van der Waals surface area contributed by atoms with E-state index in [9.17, 15) is 33.3 Å². The average molecular weight is 361 g/mol. The zero-order chi connectivity index (χ0) is 19.0. The molecule has 3 amide bonds. The first kappa shape index (κ1) is 17.1. The van der Waals surface area contributed by atoms with Crippen LogP contribution in [0.4, 0.5) is 20.2 Å². The Kier molecular flexibility index (Phi) is 4.16. The number of nitro benzene ring substituents is 1. The van der Waals surface area contributed by atoms with E-state index in [1.165, 1.54) is 12.1 Å². The first-order valence-corrected chi connectivity index (χ1v) is 7.18. The Morgan fingerprint density at radius 2 is 1.88 bits per heavy atom. The Morgan fingerprint density at radius 3 is 2.58 bits per heavy atom. The van der Waals surface area contributed by atoms with Crippen molar-refractivity contribution in [1.29, 1.82) is 0 Å². The summed E-state index contributed by atoms with van der Waals surface area (Å²) in [6, 6.07) is 5.93. The fourth-order valence-corrected chi connectivity index (χ4v) is 2.54. The fourth-order valence-electron chi connectivity index (χ4n) is 2.54. The van der Waals surface area contributed by atoms with Gasteiger partial charge in [0.15, 0.2) is 0 Å². The molecule has 26 heavy (non-hydrogen) atoms. The quantitative estimate of drug-likeness (QED) is 0.509. The van der Waals surface area contributed by atoms with Crippen LogP contribution in [0.5, 0.6) is 0 Å². The lowest BCUT2D eigenvalue weighted by Crippen LogP contribution is -2.37. The minimum absolute atomic E-state index is 0.200. The maximum atomic E-state index is 13.5. The third-order valence-electron chi connectivity index (χ3n) is 3.68. The summed E-state index contributed by atoms with van der Waals surface area (Å²) < 4.78 is 26.7. The number of anilines is 1. The third kappa shape index (κ3) is 2.88. The van der Waals surface area contributed by atoms with E-state index in [1.807, 2.05) is 5.32 Å². The number of hydrogen-bond donors (Lipinski definition) is 1. The third-order valence-corrected chi connectivity index (χ3v) is 3.68. The van der Waals surface area contributed by atoms with Crippen molar-refractivity contribution in [3.8, 4) is 0 Å². The first-order chi connectivity index (χ1) is 12.3. The van der Waals surface area contributed by atoms with Crippen molar-refractivity contribution in [1.82, 2.24) is 4.90 Å². The summed E-state index contributed by atoms with van der Waals surface area (Å²) in [5.74, 6) is -4.56. The fraction of sp³-hybridized carbons (Fsp3) is 0.0625. The van der Waals surface area contributed by atoms with Gasteiger partial charge in [-0.1, -0.05) is 6.07 Å². The topological polar surface area (TPSA) is 110 Å². The standard InChI is InChI=1S/C16H9F2N3O5/c17-8-4-5-10(18)11(6-8)19-13(22)7-20-15(23)9-2-1-3-12(21(25)26)14(9)16(20)24/h1-6H,7H2,(H,19,22). The number of carbonyl (C=O) groups is 3. The van der Waals surface area contributed by atoms with E-state index in [0.29, 0.717) is 4.90 Å². The number of nitrogens with zero attached hydrogens (tertiary/aromatic N) is 2. The van der Waals surface area contributed by atoms with Gasteiger partial charge in [-0.2, -0.15) is 0 Å². The molecule has 132 valence electrons. The zero-order valence-corrected chi connectivity index (χ0v) is 12.9. The van der Waals surface area contributed by atoms with Crippen molar-refractivity contribution in [2.24, 2.45) is 0 Å². The molecular weight excluding hydrogens is 352 g/mol. The number of rotatable bonds is 4. The maximum absolute atomic E-state index is 13.5. The summed E-state index contributed by atoms with van der Waals surface area (Å²) in [5, 5.41) is 13.1. The van der Waals surface area contributed by atoms with Gasteiger partial charge in [-0.3, -0.25) is 29.4 Å². The van der Waals surface area contributed by atoms with Gasteiger partial charge in [0.25, 0.3) is 17.5 Å². The Morgan fingerprint density at radius 1 is 1.15 bits per heavy atom. The van der Waals surface area contributed by atoms with Crippen LogP contribution in [0.3, 0.4) is 0 Å². The van der Waals surface area contributed by atoms with Gasteiger partial charge in [0.05, 0.1) is 16.2 Å². The number of imide groups is 1. The van der Waals surface area contributed by atoms with Gasteiger partial charge in [-0.25, -0.2) is 8.78 Å². The molecule has 0 atom stereocenters. The van der Waals surface area contributed by atoms with Crippen LogP contribution < -0.4 is 5.32 Å². The molecule has 1 aliphatic rings. The Balaban J connectivity index is 1.83. The van der Waals surface area contributed by atoms with E-state index < -0.39 is 57.8 Å². The lowest BCUT2D eigenvalue weighted by molar-refractivity contribution is -0.385. The van der Waals surface area contributed by atoms with E-state index in [1.54, 1.807) is 0 Å². The van der Waals surface area contributed by atoms with E-state index in [4.69, 9.17) is 0 Å². The van der Waals surface area contributed by atoms with Crippen LogP contribution in [0.15, 0.2) is 36.4 Å². The number of hydrogen-bond acceptors (Lipinski definition) is 5. The van der Waals surface area contributed by atoms with E-state index in [0.717, 1.165) is 24.3 Å². The van der Waals surface area contributed by atoms with E-state index >= 15 is 0 Å². The predicted molar refractivity (Wildman–Crippen MR) is 83.5 cm³/mol. The van der Waals surface area contributed by atoms with Gasteiger partial charge in [0.1, 0.15) is 23.7 Å². The highest BCUT2D eigenvalue weighted by atomic mass is 19.1. The van der Waals surface area contributed by atoms with Crippen molar-refractivity contribution in [2.45, 2.75) is 0 Å². The Labute approximate surface area is 144 Å². The molecule has 2 aromatic carbocycles. The van der Waals surface area contributed by atoms with Crippen LogP contribution in [-0.4, -0.2) is 34.1 Å². The molecule has 10 heteroatoms. The van der Waals surface area contributed by atoms with Gasteiger partial charge in [-0.05, 0) is 18.2 Å². The van der Waals surface area contributed by atoms with Crippen LogP contribution >= 0.6 is 0 Å². The summed E-state index contributed by atoms with van der Waals surface area (Å²) in [5.41, 5.74) is -1.63. The highest BCUT2D eigenvalue weighted by Crippen LogP contribution is 2.30. The van der Waals surface area contributed by atoms with Crippen molar-refractivity contribution >= 4 is 29.1 Å². The molecule has 8 nitrogen and oxygen atoms in total. The molecule has 0 spiro atoms. The molecule has 1 aliphatic heterocycles. The monoisotopic (exact) mass is 361 g/mol. The summed E-state index contributed by atoms with van der Waals surface area (Å²) in [6.07, 6.45) is 0. The smallest absolute Gasteiger partial charge is 0.282 e. The maximum Gasteiger partial charge on any atom is 0.282 e. The number of halogens is 2. The van der Waals surface area contributed by atoms with Crippen LogP contribution in [0.25, 0.3) is 0 Å². The number of carbonyl (C=O) groups excluding carboxylic acids is 3. The summed E-state index contributed by atoms with van der Waals surface area (Å²) in [4.78, 5) is 47.3. The number of nitro groups is 1. The minimum atomic E-state index is -1.01. The van der Waals surface area contributed by atoms with Crippen molar-refractivity contribution in [2.75, 3.05) is 11.9 Å². The first-order valence-electron chi connectivity index (χ1n) is 7.18. The molecule has 1 N–H and O–H groups in total. The van der Waals surface area contributed by atoms with Gasteiger partial charge >= 0.3 is 0 Å². The molecular formula is C16H9F2N3O5. The molecule has 0 aliphatic carbocycles. The zero-order valence-electron chi connectivity index (χ0n) is 12.9. The normalized spacial score (nSPS) is 12.9. The minimum Gasteiger partial charge on any atom is -0.322 e.